The van der Waals surface area contributed by atoms with E-state index < -0.39 is 12.1 Å². The fourth-order valence-corrected chi connectivity index (χ4v) is 2.72. The first-order chi connectivity index (χ1) is 8.54. The third-order valence-electron chi connectivity index (χ3n) is 3.65. The van der Waals surface area contributed by atoms with Crippen LogP contribution in [0.2, 0.25) is 0 Å². The number of nitrogens with two attached hydrogens (primary N) is 1. The largest absolute Gasteiger partial charge is 0.504 e. The van der Waals surface area contributed by atoms with Crippen molar-refractivity contribution in [2.45, 2.75) is 31.4 Å². The summed E-state index contributed by atoms with van der Waals surface area (Å²) in [6.45, 7) is 0. The molecule has 0 radical (unpaired) electrons. The van der Waals surface area contributed by atoms with Crippen molar-refractivity contribution in [1.29, 1.82) is 0 Å². The molecule has 0 aromatic heterocycles. The van der Waals surface area contributed by atoms with Crippen LogP contribution < -0.4 is 10.5 Å². The van der Waals surface area contributed by atoms with Crippen LogP contribution in [0.15, 0.2) is 16.6 Å². The molecule has 0 amide bonds. The third-order valence-corrected chi connectivity index (χ3v) is 4.11. The van der Waals surface area contributed by atoms with E-state index in [1.54, 1.807) is 12.1 Å². The lowest BCUT2D eigenvalue weighted by Gasteiger charge is -2.34. The summed E-state index contributed by atoms with van der Waals surface area (Å²) in [7, 11) is 1.49. The maximum Gasteiger partial charge on any atom is 0.162 e. The highest BCUT2D eigenvalue weighted by atomic mass is 79.9. The second-order valence-corrected chi connectivity index (χ2v) is 5.67. The summed E-state index contributed by atoms with van der Waals surface area (Å²) in [4.78, 5) is 0. The lowest BCUT2D eigenvalue weighted by Crippen LogP contribution is -2.36. The molecule has 2 atom stereocenters. The molecule has 4 N–H and O–H groups in total. The predicted octanol–water partition coefficient (Wildman–Crippen LogP) is 2.32. The Morgan fingerprint density at radius 2 is 2.11 bits per heavy atom. The van der Waals surface area contributed by atoms with Crippen molar-refractivity contribution in [3.05, 3.63) is 22.2 Å². The highest BCUT2D eigenvalue weighted by Crippen LogP contribution is 2.40. The first-order valence-corrected chi connectivity index (χ1v) is 6.84. The van der Waals surface area contributed by atoms with Crippen LogP contribution >= 0.6 is 15.9 Å². The van der Waals surface area contributed by atoms with Crippen molar-refractivity contribution in [2.75, 3.05) is 7.11 Å². The molecule has 0 heterocycles. The number of phenolic OH excluding ortho intramolecular Hbond substituents is 1. The molecule has 1 aromatic carbocycles. The number of aliphatic hydroxyl groups is 1. The van der Waals surface area contributed by atoms with Gasteiger partial charge in [-0.15, -0.1) is 0 Å². The van der Waals surface area contributed by atoms with Crippen LogP contribution in [0.3, 0.4) is 0 Å². The summed E-state index contributed by atoms with van der Waals surface area (Å²) in [6, 6.07) is 2.80. The summed E-state index contributed by atoms with van der Waals surface area (Å²) < 4.78 is 5.85. The predicted molar refractivity (Wildman–Crippen MR) is 72.6 cm³/mol. The first-order valence-electron chi connectivity index (χ1n) is 6.04. The zero-order valence-electron chi connectivity index (χ0n) is 10.3. The smallest absolute Gasteiger partial charge is 0.162 e. The van der Waals surface area contributed by atoms with Crippen LogP contribution in [-0.2, 0) is 0 Å². The van der Waals surface area contributed by atoms with Crippen LogP contribution in [0.25, 0.3) is 0 Å². The van der Waals surface area contributed by atoms with Crippen molar-refractivity contribution in [1.82, 2.24) is 0 Å². The fraction of sp³-hybridized carbons (Fsp3) is 0.538. The molecule has 0 saturated heterocycles. The minimum Gasteiger partial charge on any atom is -0.504 e. The molecule has 0 aliphatic heterocycles. The van der Waals surface area contributed by atoms with Gasteiger partial charge in [0.15, 0.2) is 11.5 Å². The molecule has 1 saturated carbocycles. The van der Waals surface area contributed by atoms with Gasteiger partial charge in [0.25, 0.3) is 0 Å². The van der Waals surface area contributed by atoms with Gasteiger partial charge in [0.05, 0.1) is 19.3 Å². The van der Waals surface area contributed by atoms with Gasteiger partial charge in [0.1, 0.15) is 0 Å². The highest BCUT2D eigenvalue weighted by Gasteiger charge is 2.32. The molecule has 0 spiro atoms. The zero-order chi connectivity index (χ0) is 13.3. The highest BCUT2D eigenvalue weighted by molar-refractivity contribution is 9.10. The number of aromatic hydroxyl groups is 1. The number of hydrogen-bond donors (Lipinski definition) is 3. The molecule has 2 rings (SSSR count). The first kappa shape index (κ1) is 13.6. The Balaban J connectivity index is 2.28. The van der Waals surface area contributed by atoms with E-state index in [4.69, 9.17) is 10.5 Å². The Kier molecular flexibility index (Phi) is 4.14. The molecule has 1 aromatic rings. The number of phenols is 1. The molecule has 0 unspecified atom stereocenters. The van der Waals surface area contributed by atoms with Crippen molar-refractivity contribution in [2.24, 2.45) is 11.7 Å². The average Bonchev–Trinajstić information content (AvgIpc) is 2.28. The van der Waals surface area contributed by atoms with E-state index >= 15 is 0 Å². The summed E-state index contributed by atoms with van der Waals surface area (Å²) in [5.74, 6) is 0.603. The van der Waals surface area contributed by atoms with Crippen LogP contribution in [0, 0.1) is 5.92 Å². The molecule has 1 aliphatic carbocycles. The maximum atomic E-state index is 10.2. The van der Waals surface area contributed by atoms with Crippen LogP contribution in [-0.4, -0.2) is 23.4 Å². The van der Waals surface area contributed by atoms with Gasteiger partial charge in [-0.05, 0) is 30.9 Å². The number of ether oxygens (including phenoxy) is 1. The van der Waals surface area contributed by atoms with Gasteiger partial charge in [-0.1, -0.05) is 22.4 Å². The van der Waals surface area contributed by atoms with E-state index in [9.17, 15) is 10.2 Å². The van der Waals surface area contributed by atoms with Gasteiger partial charge < -0.3 is 20.7 Å². The Morgan fingerprint density at radius 1 is 1.44 bits per heavy atom. The van der Waals surface area contributed by atoms with Crippen molar-refractivity contribution in [3.63, 3.8) is 0 Å². The summed E-state index contributed by atoms with van der Waals surface area (Å²) in [5, 5.41) is 20.2. The van der Waals surface area contributed by atoms with E-state index in [0.717, 1.165) is 23.7 Å². The number of aliphatic hydroxyl groups excluding tert-OH is 1. The standard InChI is InChI=1S/C13H18BrNO3/c1-18-10-6-8(14)5-9(13(10)17)11(15)12(16)7-3-2-4-7/h5-7,11-12,16-17H,2-4,15H2,1H3/t11-,12+/m1/s1. The Bertz CT molecular complexity index is 434. The van der Waals surface area contributed by atoms with E-state index in [1.807, 2.05) is 0 Å². The van der Waals surface area contributed by atoms with Crippen LogP contribution in [0.1, 0.15) is 30.9 Å². The lowest BCUT2D eigenvalue weighted by atomic mass is 9.77. The van der Waals surface area contributed by atoms with Crippen molar-refractivity contribution in [3.8, 4) is 11.5 Å². The molecule has 100 valence electrons. The Morgan fingerprint density at radius 3 is 2.61 bits per heavy atom. The molecule has 1 fully saturated rings. The van der Waals surface area contributed by atoms with Gasteiger partial charge in [-0.3, -0.25) is 0 Å². The van der Waals surface area contributed by atoms with Gasteiger partial charge in [-0.2, -0.15) is 0 Å². The minimum absolute atomic E-state index is 0.00609. The Labute approximate surface area is 115 Å². The molecular formula is C13H18BrNO3. The topological polar surface area (TPSA) is 75.7 Å². The van der Waals surface area contributed by atoms with Crippen LogP contribution in [0.4, 0.5) is 0 Å². The van der Waals surface area contributed by atoms with E-state index in [-0.39, 0.29) is 11.7 Å². The van der Waals surface area contributed by atoms with Crippen LogP contribution in [0.5, 0.6) is 11.5 Å². The van der Waals surface area contributed by atoms with Crippen molar-refractivity contribution >= 4 is 15.9 Å². The van der Waals surface area contributed by atoms with Gasteiger partial charge in [0.2, 0.25) is 0 Å². The number of halogens is 1. The minimum atomic E-state index is -0.622. The van der Waals surface area contributed by atoms with E-state index in [1.165, 1.54) is 7.11 Å². The van der Waals surface area contributed by atoms with Gasteiger partial charge in [0, 0.05) is 10.0 Å². The molecular weight excluding hydrogens is 298 g/mol. The monoisotopic (exact) mass is 315 g/mol. The second kappa shape index (κ2) is 5.47. The summed E-state index contributed by atoms with van der Waals surface area (Å²) in [5.41, 5.74) is 6.57. The zero-order valence-corrected chi connectivity index (χ0v) is 11.9. The second-order valence-electron chi connectivity index (χ2n) is 4.75. The maximum absolute atomic E-state index is 10.2. The van der Waals surface area contributed by atoms with Crippen molar-refractivity contribution < 1.29 is 14.9 Å². The quantitative estimate of drug-likeness (QED) is 0.797. The normalized spacial score (nSPS) is 19.1. The average molecular weight is 316 g/mol. The number of benzene rings is 1. The van der Waals surface area contributed by atoms with Gasteiger partial charge >= 0.3 is 0 Å². The molecule has 1 aliphatic rings. The molecule has 18 heavy (non-hydrogen) atoms. The van der Waals surface area contributed by atoms with Gasteiger partial charge in [-0.25, -0.2) is 0 Å². The molecule has 4 nitrogen and oxygen atoms in total. The van der Waals surface area contributed by atoms with E-state index in [0.29, 0.717) is 11.3 Å². The SMILES string of the molecule is COc1cc(Br)cc([C@@H](N)[C@@H](O)C2CCC2)c1O. The number of methoxy groups -OCH3 is 1. The fourth-order valence-electron chi connectivity index (χ4n) is 2.26. The van der Waals surface area contributed by atoms with E-state index in [2.05, 4.69) is 15.9 Å². The Hall–Kier alpha value is -0.780. The number of hydrogen-bond acceptors (Lipinski definition) is 4. The number of rotatable bonds is 4. The third kappa shape index (κ3) is 2.48. The molecule has 0 bridgehead atoms. The summed E-state index contributed by atoms with van der Waals surface area (Å²) >= 11 is 3.35. The molecule has 5 heteroatoms. The summed E-state index contributed by atoms with van der Waals surface area (Å²) in [6.07, 6.45) is 2.52. The lowest BCUT2D eigenvalue weighted by molar-refractivity contribution is 0.0407.